The van der Waals surface area contributed by atoms with E-state index < -0.39 is 0 Å². The number of hydrogen-bond acceptors (Lipinski definition) is 4. The van der Waals surface area contributed by atoms with Crippen LogP contribution in [0.4, 0.5) is 0 Å². The normalized spacial score (nSPS) is 12.2. The molecule has 1 atom stereocenters. The molecule has 136 valence electrons. The van der Waals surface area contributed by atoms with Gasteiger partial charge < -0.3 is 16.0 Å². The summed E-state index contributed by atoms with van der Waals surface area (Å²) < 4.78 is 0. The smallest absolute Gasteiger partial charge is 0.261 e. The summed E-state index contributed by atoms with van der Waals surface area (Å²) in [4.78, 5) is 21.8. The summed E-state index contributed by atoms with van der Waals surface area (Å²) in [5.41, 5.74) is 8.95. The molecular formula is C21H20N4OS. The zero-order valence-corrected chi connectivity index (χ0v) is 15.5. The summed E-state index contributed by atoms with van der Waals surface area (Å²) in [5, 5.41) is 4.11. The number of rotatable bonds is 6. The molecule has 0 spiro atoms. The van der Waals surface area contributed by atoms with Gasteiger partial charge >= 0.3 is 0 Å². The molecule has 4 N–H and O–H groups in total. The largest absolute Gasteiger partial charge is 0.347 e. The second-order valence-corrected chi connectivity index (χ2v) is 7.44. The van der Waals surface area contributed by atoms with Crippen LogP contribution in [0.5, 0.6) is 0 Å². The molecule has 5 nitrogen and oxygen atoms in total. The van der Waals surface area contributed by atoms with E-state index in [9.17, 15) is 4.79 Å². The molecule has 4 rings (SSSR count). The Morgan fingerprint density at radius 1 is 1.15 bits per heavy atom. The van der Waals surface area contributed by atoms with Crippen molar-refractivity contribution in [3.05, 3.63) is 77.4 Å². The average Bonchev–Trinajstić information content (AvgIpc) is 3.37. The number of nitrogens with two attached hydrogens (primary N) is 1. The molecule has 3 heterocycles. The molecular weight excluding hydrogens is 356 g/mol. The minimum Gasteiger partial charge on any atom is -0.347 e. The molecule has 0 aliphatic heterocycles. The third-order valence-electron chi connectivity index (χ3n) is 4.50. The van der Waals surface area contributed by atoms with Crippen LogP contribution < -0.4 is 11.1 Å². The molecule has 0 unspecified atom stereocenters. The molecule has 4 aromatic rings. The number of carbonyl (C=O) groups excluding carboxylic acids is 1. The van der Waals surface area contributed by atoms with Gasteiger partial charge in [-0.3, -0.25) is 4.79 Å². The monoisotopic (exact) mass is 376 g/mol. The molecule has 0 saturated heterocycles. The minimum atomic E-state index is -0.0947. The van der Waals surface area contributed by atoms with Crippen LogP contribution in [-0.2, 0) is 6.42 Å². The van der Waals surface area contributed by atoms with Gasteiger partial charge in [-0.2, -0.15) is 0 Å². The van der Waals surface area contributed by atoms with Gasteiger partial charge in [-0.15, -0.1) is 11.3 Å². The van der Waals surface area contributed by atoms with Crippen molar-refractivity contribution in [2.45, 2.75) is 12.5 Å². The van der Waals surface area contributed by atoms with Crippen molar-refractivity contribution in [2.75, 3.05) is 6.54 Å². The molecule has 0 aliphatic rings. The Morgan fingerprint density at radius 2 is 2.00 bits per heavy atom. The first-order chi connectivity index (χ1) is 13.2. The highest BCUT2D eigenvalue weighted by Crippen LogP contribution is 2.32. The van der Waals surface area contributed by atoms with Crippen molar-refractivity contribution >= 4 is 28.3 Å². The van der Waals surface area contributed by atoms with Crippen LogP contribution in [-0.4, -0.2) is 28.5 Å². The van der Waals surface area contributed by atoms with Crippen LogP contribution in [0.15, 0.2) is 67.0 Å². The highest BCUT2D eigenvalue weighted by molar-refractivity contribution is 7.17. The first-order valence-electron chi connectivity index (χ1n) is 8.82. The van der Waals surface area contributed by atoms with E-state index in [4.69, 9.17) is 5.73 Å². The molecule has 1 amide bonds. The second-order valence-electron chi connectivity index (χ2n) is 6.36. The first kappa shape index (κ1) is 17.5. The minimum absolute atomic E-state index is 0.0861. The number of pyridine rings is 1. The average molecular weight is 376 g/mol. The van der Waals surface area contributed by atoms with Crippen molar-refractivity contribution in [1.29, 1.82) is 0 Å². The van der Waals surface area contributed by atoms with Gasteiger partial charge in [-0.1, -0.05) is 30.3 Å². The quantitative estimate of drug-likeness (QED) is 0.481. The fraction of sp³-hybridized carbons (Fsp3) is 0.143. The highest BCUT2D eigenvalue weighted by atomic mass is 32.1. The fourth-order valence-corrected chi connectivity index (χ4v) is 4.08. The standard InChI is InChI=1S/C21H20N4OS/c22-13-15(12-14-4-2-1-3-5-14)25-21(26)19-7-6-18(27-19)16-8-10-23-20-17(16)9-11-24-20/h1-11,15H,12-13,22H2,(H,23,24)(H,25,26)/t15-/m1/s1. The number of aromatic amines is 1. The van der Waals surface area contributed by atoms with Crippen molar-refractivity contribution in [3.63, 3.8) is 0 Å². The molecule has 6 heteroatoms. The number of H-pyrrole nitrogens is 1. The SMILES string of the molecule is NC[C@@H](Cc1ccccc1)NC(=O)c1ccc(-c2ccnc3[nH]ccc23)s1. The zero-order valence-electron chi connectivity index (χ0n) is 14.7. The summed E-state index contributed by atoms with van der Waals surface area (Å²) in [6.07, 6.45) is 4.37. The predicted octanol–water partition coefficient (Wildman–Crippen LogP) is 3.59. The highest BCUT2D eigenvalue weighted by Gasteiger charge is 2.16. The van der Waals surface area contributed by atoms with Gasteiger partial charge in [0.05, 0.1) is 4.88 Å². The number of fused-ring (bicyclic) bond motifs is 1. The number of aromatic nitrogens is 2. The summed E-state index contributed by atoms with van der Waals surface area (Å²) in [7, 11) is 0. The van der Waals surface area contributed by atoms with E-state index in [1.807, 2.05) is 60.8 Å². The molecule has 0 bridgehead atoms. The van der Waals surface area contributed by atoms with Gasteiger partial charge in [-0.05, 0) is 36.2 Å². The van der Waals surface area contributed by atoms with Crippen LogP contribution in [0.25, 0.3) is 21.5 Å². The number of hydrogen-bond donors (Lipinski definition) is 3. The van der Waals surface area contributed by atoms with Gasteiger partial charge in [0.1, 0.15) is 5.65 Å². The number of nitrogens with one attached hydrogen (secondary N) is 2. The summed E-state index contributed by atoms with van der Waals surface area (Å²) >= 11 is 1.48. The summed E-state index contributed by atoms with van der Waals surface area (Å²) in [5.74, 6) is -0.0861. The number of carbonyl (C=O) groups is 1. The van der Waals surface area contributed by atoms with E-state index in [1.54, 1.807) is 6.20 Å². The van der Waals surface area contributed by atoms with Gasteiger partial charge in [0.15, 0.2) is 0 Å². The maximum absolute atomic E-state index is 12.7. The van der Waals surface area contributed by atoms with Gasteiger partial charge in [-0.25, -0.2) is 4.98 Å². The molecule has 0 radical (unpaired) electrons. The topological polar surface area (TPSA) is 83.8 Å². The Hall–Kier alpha value is -2.96. The van der Waals surface area contributed by atoms with Crippen molar-refractivity contribution in [3.8, 4) is 10.4 Å². The van der Waals surface area contributed by atoms with E-state index in [-0.39, 0.29) is 11.9 Å². The Morgan fingerprint density at radius 3 is 2.81 bits per heavy atom. The lowest BCUT2D eigenvalue weighted by Gasteiger charge is -2.16. The lowest BCUT2D eigenvalue weighted by Crippen LogP contribution is -2.41. The summed E-state index contributed by atoms with van der Waals surface area (Å²) in [6, 6.07) is 17.8. The number of thiophene rings is 1. The molecule has 3 aromatic heterocycles. The van der Waals surface area contributed by atoms with Crippen LogP contribution in [0.2, 0.25) is 0 Å². The Kier molecular flexibility index (Phi) is 5.00. The first-order valence-corrected chi connectivity index (χ1v) is 9.63. The second kappa shape index (κ2) is 7.73. The van der Waals surface area contributed by atoms with Crippen molar-refractivity contribution in [2.24, 2.45) is 5.73 Å². The van der Waals surface area contributed by atoms with E-state index in [0.717, 1.165) is 33.5 Å². The Labute approximate surface area is 161 Å². The van der Waals surface area contributed by atoms with E-state index >= 15 is 0 Å². The number of nitrogens with zero attached hydrogens (tertiary/aromatic N) is 1. The number of amides is 1. The van der Waals surface area contributed by atoms with Gasteiger partial charge in [0.25, 0.3) is 5.91 Å². The maximum Gasteiger partial charge on any atom is 0.261 e. The van der Waals surface area contributed by atoms with Crippen molar-refractivity contribution in [1.82, 2.24) is 15.3 Å². The third kappa shape index (κ3) is 3.77. The molecule has 1 aromatic carbocycles. The number of benzene rings is 1. The zero-order chi connectivity index (χ0) is 18.6. The van der Waals surface area contributed by atoms with Crippen LogP contribution in [0.3, 0.4) is 0 Å². The predicted molar refractivity (Wildman–Crippen MR) is 110 cm³/mol. The van der Waals surface area contributed by atoms with E-state index in [1.165, 1.54) is 11.3 Å². The molecule has 0 fully saturated rings. The van der Waals surface area contributed by atoms with E-state index in [2.05, 4.69) is 15.3 Å². The Bertz CT molecular complexity index is 1050. The fourth-order valence-electron chi connectivity index (χ4n) is 3.13. The van der Waals surface area contributed by atoms with E-state index in [0.29, 0.717) is 11.4 Å². The molecule has 0 aliphatic carbocycles. The maximum atomic E-state index is 12.7. The van der Waals surface area contributed by atoms with Crippen molar-refractivity contribution < 1.29 is 4.79 Å². The Balaban J connectivity index is 1.51. The molecule has 27 heavy (non-hydrogen) atoms. The lowest BCUT2D eigenvalue weighted by atomic mass is 10.1. The van der Waals surface area contributed by atoms with Crippen LogP contribution >= 0.6 is 11.3 Å². The molecule has 0 saturated carbocycles. The van der Waals surface area contributed by atoms with Crippen LogP contribution in [0.1, 0.15) is 15.2 Å². The van der Waals surface area contributed by atoms with Gasteiger partial charge in [0, 0.05) is 40.8 Å². The lowest BCUT2D eigenvalue weighted by molar-refractivity contribution is 0.0942. The third-order valence-corrected chi connectivity index (χ3v) is 5.62. The van der Waals surface area contributed by atoms with Crippen LogP contribution in [0, 0.1) is 0 Å². The van der Waals surface area contributed by atoms with Gasteiger partial charge in [0.2, 0.25) is 0 Å². The summed E-state index contributed by atoms with van der Waals surface area (Å²) in [6.45, 7) is 0.396.